The van der Waals surface area contributed by atoms with Crippen LogP contribution >= 0.6 is 12.4 Å². The van der Waals surface area contributed by atoms with Gasteiger partial charge in [-0.25, -0.2) is 8.42 Å². The van der Waals surface area contributed by atoms with Gasteiger partial charge >= 0.3 is 0 Å². The Bertz CT molecular complexity index is 618. The maximum atomic E-state index is 11.5. The van der Waals surface area contributed by atoms with Crippen molar-refractivity contribution in [1.29, 1.82) is 0 Å². The Balaban J connectivity index is 0.00000176. The number of likely N-dealkylation sites (tertiary alicyclic amines) is 1. The quantitative estimate of drug-likeness (QED) is 0.913. The molecule has 6 heteroatoms. The zero-order valence-corrected chi connectivity index (χ0v) is 14.7. The van der Waals surface area contributed by atoms with Crippen molar-refractivity contribution in [3.63, 3.8) is 0 Å². The van der Waals surface area contributed by atoms with Crippen molar-refractivity contribution >= 4 is 22.2 Å². The second-order valence-corrected chi connectivity index (χ2v) is 8.65. The molecular weight excluding hydrogens is 320 g/mol. The van der Waals surface area contributed by atoms with Gasteiger partial charge < -0.3 is 5.73 Å². The smallest absolute Gasteiger partial charge is 0.175 e. The second-order valence-electron chi connectivity index (χ2n) is 6.64. The molecule has 0 aromatic heterocycles. The first-order chi connectivity index (χ1) is 9.86. The lowest BCUT2D eigenvalue weighted by Crippen LogP contribution is -2.31. The van der Waals surface area contributed by atoms with Crippen molar-refractivity contribution in [2.75, 3.05) is 19.3 Å². The SMILES string of the molecule is CC(c1ccc(S(C)(=O)=O)cc1)N1CC2CCC(N)C2C1.Cl. The molecule has 3 rings (SSSR count). The summed E-state index contributed by atoms with van der Waals surface area (Å²) in [5.74, 6) is 1.39. The molecule has 2 aliphatic rings. The maximum absolute atomic E-state index is 11.5. The average Bonchev–Trinajstić information content (AvgIpc) is 3.00. The molecule has 0 bridgehead atoms. The molecule has 4 unspecified atom stereocenters. The lowest BCUT2D eigenvalue weighted by molar-refractivity contribution is 0.239. The molecule has 1 saturated carbocycles. The van der Waals surface area contributed by atoms with E-state index in [2.05, 4.69) is 11.8 Å². The van der Waals surface area contributed by atoms with E-state index in [1.807, 2.05) is 12.1 Å². The van der Waals surface area contributed by atoms with Crippen LogP contribution in [0.1, 0.15) is 31.4 Å². The number of hydrogen-bond acceptors (Lipinski definition) is 4. The largest absolute Gasteiger partial charge is 0.327 e. The summed E-state index contributed by atoms with van der Waals surface area (Å²) in [6, 6.07) is 7.98. The van der Waals surface area contributed by atoms with E-state index in [0.717, 1.165) is 19.0 Å². The highest BCUT2D eigenvalue weighted by Gasteiger charge is 2.42. The normalized spacial score (nSPS) is 29.9. The van der Waals surface area contributed by atoms with Gasteiger partial charge in [-0.1, -0.05) is 12.1 Å². The molecule has 1 aromatic carbocycles. The molecule has 4 atom stereocenters. The molecular formula is C16H25ClN2O2S. The highest BCUT2D eigenvalue weighted by molar-refractivity contribution is 7.90. The van der Waals surface area contributed by atoms with Gasteiger partial charge in [0.25, 0.3) is 0 Å². The van der Waals surface area contributed by atoms with Crippen molar-refractivity contribution in [2.24, 2.45) is 17.6 Å². The van der Waals surface area contributed by atoms with E-state index >= 15 is 0 Å². The highest BCUT2D eigenvalue weighted by Crippen LogP contribution is 2.40. The van der Waals surface area contributed by atoms with E-state index in [9.17, 15) is 8.42 Å². The lowest BCUT2D eigenvalue weighted by atomic mass is 9.98. The van der Waals surface area contributed by atoms with Crippen LogP contribution in [0.3, 0.4) is 0 Å². The van der Waals surface area contributed by atoms with Gasteiger partial charge in [0.15, 0.2) is 9.84 Å². The zero-order valence-electron chi connectivity index (χ0n) is 13.1. The van der Waals surface area contributed by atoms with Gasteiger partial charge in [0.05, 0.1) is 4.90 Å². The molecule has 1 heterocycles. The maximum Gasteiger partial charge on any atom is 0.175 e. The first-order valence-corrected chi connectivity index (χ1v) is 9.55. The Labute approximate surface area is 139 Å². The first kappa shape index (κ1) is 17.7. The first-order valence-electron chi connectivity index (χ1n) is 7.66. The molecule has 1 aliphatic carbocycles. The van der Waals surface area contributed by atoms with E-state index in [1.54, 1.807) is 12.1 Å². The fraction of sp³-hybridized carbons (Fsp3) is 0.625. The average molecular weight is 345 g/mol. The van der Waals surface area contributed by atoms with Gasteiger partial charge in [-0.05, 0) is 49.3 Å². The van der Waals surface area contributed by atoms with E-state index in [1.165, 1.54) is 24.7 Å². The van der Waals surface area contributed by atoms with E-state index < -0.39 is 9.84 Å². The second kappa shape index (κ2) is 6.48. The van der Waals surface area contributed by atoms with Crippen molar-refractivity contribution < 1.29 is 8.42 Å². The van der Waals surface area contributed by atoms with Crippen molar-refractivity contribution in [3.05, 3.63) is 29.8 Å². The fourth-order valence-electron chi connectivity index (χ4n) is 3.86. The molecule has 2 N–H and O–H groups in total. The van der Waals surface area contributed by atoms with Gasteiger partial charge in [-0.3, -0.25) is 4.90 Å². The number of sulfone groups is 1. The van der Waals surface area contributed by atoms with Gasteiger partial charge in [0, 0.05) is 31.4 Å². The van der Waals surface area contributed by atoms with Gasteiger partial charge in [-0.2, -0.15) is 0 Å². The summed E-state index contributed by atoms with van der Waals surface area (Å²) < 4.78 is 23.0. The summed E-state index contributed by atoms with van der Waals surface area (Å²) in [6.45, 7) is 4.39. The van der Waals surface area contributed by atoms with Crippen molar-refractivity contribution in [3.8, 4) is 0 Å². The van der Waals surface area contributed by atoms with E-state index in [4.69, 9.17) is 5.73 Å². The third-order valence-corrected chi connectivity index (χ3v) is 6.41. The molecule has 2 fully saturated rings. The fourth-order valence-corrected chi connectivity index (χ4v) is 4.49. The summed E-state index contributed by atoms with van der Waals surface area (Å²) in [6.07, 6.45) is 3.66. The number of fused-ring (bicyclic) bond motifs is 1. The third kappa shape index (κ3) is 3.32. The number of nitrogens with two attached hydrogens (primary N) is 1. The Morgan fingerprint density at radius 2 is 1.82 bits per heavy atom. The van der Waals surface area contributed by atoms with Crippen LogP contribution in [0.2, 0.25) is 0 Å². The lowest BCUT2D eigenvalue weighted by Gasteiger charge is -2.26. The molecule has 0 spiro atoms. The number of benzene rings is 1. The van der Waals surface area contributed by atoms with Gasteiger partial charge in [0.2, 0.25) is 0 Å². The van der Waals surface area contributed by atoms with Crippen LogP contribution < -0.4 is 5.73 Å². The monoisotopic (exact) mass is 344 g/mol. The molecule has 124 valence electrons. The topological polar surface area (TPSA) is 63.4 Å². The molecule has 22 heavy (non-hydrogen) atoms. The van der Waals surface area contributed by atoms with Crippen LogP contribution in [0, 0.1) is 11.8 Å². The molecule has 0 amide bonds. The number of rotatable bonds is 3. The Morgan fingerprint density at radius 3 is 2.36 bits per heavy atom. The van der Waals surface area contributed by atoms with Crippen molar-refractivity contribution in [2.45, 2.75) is 36.7 Å². The van der Waals surface area contributed by atoms with Gasteiger partial charge in [-0.15, -0.1) is 12.4 Å². The Kier molecular flexibility index (Phi) is 5.22. The number of nitrogens with zero attached hydrogens (tertiary/aromatic N) is 1. The van der Waals surface area contributed by atoms with Crippen LogP contribution in [0.25, 0.3) is 0 Å². The van der Waals surface area contributed by atoms with Crippen molar-refractivity contribution in [1.82, 2.24) is 4.90 Å². The standard InChI is InChI=1S/C16H24N2O2S.ClH/c1-11(12-3-6-14(7-4-12)21(2,19)20)18-9-13-5-8-16(17)15(13)10-18;/h3-4,6-7,11,13,15-16H,5,8-10,17H2,1-2H3;1H. The summed E-state index contributed by atoms with van der Waals surface area (Å²) in [5.41, 5.74) is 7.37. The molecule has 0 radical (unpaired) electrons. The third-order valence-electron chi connectivity index (χ3n) is 5.28. The van der Waals surface area contributed by atoms with Crippen LogP contribution in [-0.2, 0) is 9.84 Å². The minimum atomic E-state index is -3.11. The van der Waals surface area contributed by atoms with Crippen LogP contribution in [-0.4, -0.2) is 38.7 Å². The summed E-state index contributed by atoms with van der Waals surface area (Å²) in [5, 5.41) is 0. The minimum absolute atomic E-state index is 0. The summed E-state index contributed by atoms with van der Waals surface area (Å²) in [7, 11) is -3.11. The van der Waals surface area contributed by atoms with Crippen LogP contribution in [0.5, 0.6) is 0 Å². The van der Waals surface area contributed by atoms with Crippen LogP contribution in [0.15, 0.2) is 29.2 Å². The molecule has 1 aromatic rings. The number of halogens is 1. The molecule has 1 saturated heterocycles. The Hall–Kier alpha value is -0.620. The van der Waals surface area contributed by atoms with Crippen LogP contribution in [0.4, 0.5) is 0 Å². The predicted octanol–water partition coefficient (Wildman–Crippen LogP) is 2.24. The van der Waals surface area contributed by atoms with E-state index in [-0.39, 0.29) is 12.4 Å². The van der Waals surface area contributed by atoms with E-state index in [0.29, 0.717) is 22.9 Å². The summed E-state index contributed by atoms with van der Waals surface area (Å²) in [4.78, 5) is 2.88. The van der Waals surface area contributed by atoms with Gasteiger partial charge in [0.1, 0.15) is 0 Å². The Morgan fingerprint density at radius 1 is 1.18 bits per heavy atom. The predicted molar refractivity (Wildman–Crippen MR) is 91.0 cm³/mol. The highest BCUT2D eigenvalue weighted by atomic mass is 35.5. The molecule has 4 nitrogen and oxygen atoms in total. The zero-order chi connectivity index (χ0) is 15.2. The molecule has 1 aliphatic heterocycles. The number of hydrogen-bond donors (Lipinski definition) is 1. The minimum Gasteiger partial charge on any atom is -0.327 e. The summed E-state index contributed by atoms with van der Waals surface area (Å²) >= 11 is 0.